The molecular weight excluding hydrogens is 420 g/mol. The summed E-state index contributed by atoms with van der Waals surface area (Å²) >= 11 is 8.36. The van der Waals surface area contributed by atoms with Crippen LogP contribution in [0, 0.1) is 11.8 Å². The van der Waals surface area contributed by atoms with Crippen LogP contribution in [0.25, 0.3) is 0 Å². The van der Waals surface area contributed by atoms with E-state index in [2.05, 4.69) is 52.1 Å². The van der Waals surface area contributed by atoms with Crippen LogP contribution in [0.4, 0.5) is 0 Å². The van der Waals surface area contributed by atoms with Gasteiger partial charge in [0.15, 0.2) is 0 Å². The van der Waals surface area contributed by atoms with Crippen LogP contribution in [0.2, 0.25) is 5.02 Å². The van der Waals surface area contributed by atoms with E-state index < -0.39 is 11.5 Å². The second kappa shape index (κ2) is 12.4. The minimum atomic E-state index is -0.932. The van der Waals surface area contributed by atoms with E-state index in [1.807, 2.05) is 13.1 Å². The Hall–Kier alpha value is -1.50. The van der Waals surface area contributed by atoms with Crippen LogP contribution in [0.1, 0.15) is 53.0 Å². The van der Waals surface area contributed by atoms with E-state index in [9.17, 15) is 9.59 Å². The van der Waals surface area contributed by atoms with Crippen molar-refractivity contribution < 1.29 is 14.7 Å². The first-order chi connectivity index (χ1) is 14.1. The number of carbonyl (C=O) groups excluding carboxylic acids is 1. The van der Waals surface area contributed by atoms with Crippen LogP contribution < -0.4 is 5.32 Å². The zero-order valence-corrected chi connectivity index (χ0v) is 20.4. The molecule has 0 heterocycles. The fourth-order valence-electron chi connectivity index (χ4n) is 3.16. The minimum absolute atomic E-state index is 0.104. The molecule has 0 aliphatic rings. The van der Waals surface area contributed by atoms with Gasteiger partial charge in [0.05, 0.1) is 17.0 Å². The zero-order chi connectivity index (χ0) is 22.9. The SMILES string of the molecule is CCC(C)/C(=C/N(C=O)CCC(=O)O)[C@@](C)(NC)c1ccc(SCC(C)C)c(Cl)c1. The number of amides is 1. The van der Waals surface area contributed by atoms with Crippen LogP contribution in [0.15, 0.2) is 34.9 Å². The van der Waals surface area contributed by atoms with Crippen LogP contribution in [-0.4, -0.2) is 41.7 Å². The molecule has 0 saturated carbocycles. The molecule has 1 aromatic carbocycles. The molecular formula is C23H35ClN2O3S. The van der Waals surface area contributed by atoms with Crippen LogP contribution in [0.5, 0.6) is 0 Å². The molecule has 0 radical (unpaired) electrons. The summed E-state index contributed by atoms with van der Waals surface area (Å²) in [5.41, 5.74) is 1.44. The van der Waals surface area contributed by atoms with Gasteiger partial charge in [-0.2, -0.15) is 0 Å². The predicted molar refractivity (Wildman–Crippen MR) is 126 cm³/mol. The van der Waals surface area contributed by atoms with Crippen molar-refractivity contribution in [3.63, 3.8) is 0 Å². The van der Waals surface area contributed by atoms with Crippen molar-refractivity contribution in [2.75, 3.05) is 19.3 Å². The van der Waals surface area contributed by atoms with Crippen LogP contribution >= 0.6 is 23.4 Å². The van der Waals surface area contributed by atoms with Gasteiger partial charge in [0.1, 0.15) is 0 Å². The topological polar surface area (TPSA) is 69.6 Å². The number of hydrogen-bond acceptors (Lipinski definition) is 4. The van der Waals surface area contributed by atoms with Crippen molar-refractivity contribution in [2.24, 2.45) is 11.8 Å². The lowest BCUT2D eigenvalue weighted by Crippen LogP contribution is -2.42. The summed E-state index contributed by atoms with van der Waals surface area (Å²) in [6.07, 6.45) is 3.24. The Morgan fingerprint density at radius 2 is 2.03 bits per heavy atom. The van der Waals surface area contributed by atoms with E-state index in [0.717, 1.165) is 28.2 Å². The second-order valence-electron chi connectivity index (χ2n) is 8.11. The summed E-state index contributed by atoms with van der Waals surface area (Å²) in [5.74, 6) is 0.813. The number of hydrogen-bond donors (Lipinski definition) is 2. The molecule has 1 unspecified atom stereocenters. The summed E-state index contributed by atoms with van der Waals surface area (Å²) in [4.78, 5) is 25.0. The van der Waals surface area contributed by atoms with Crippen molar-refractivity contribution in [2.45, 2.75) is 57.9 Å². The molecule has 30 heavy (non-hydrogen) atoms. The lowest BCUT2D eigenvalue weighted by Gasteiger charge is -2.37. The number of halogens is 1. The molecule has 2 atom stereocenters. The van der Waals surface area contributed by atoms with Crippen LogP contribution in [-0.2, 0) is 15.1 Å². The van der Waals surface area contributed by atoms with Gasteiger partial charge in [0.2, 0.25) is 6.41 Å². The molecule has 0 aliphatic heterocycles. The molecule has 0 bridgehead atoms. The van der Waals surface area contributed by atoms with Crippen molar-refractivity contribution in [3.05, 3.63) is 40.6 Å². The smallest absolute Gasteiger partial charge is 0.305 e. The van der Waals surface area contributed by atoms with Gasteiger partial charge in [-0.05, 0) is 55.5 Å². The van der Waals surface area contributed by atoms with Gasteiger partial charge in [0, 0.05) is 23.4 Å². The summed E-state index contributed by atoms with van der Waals surface area (Å²) in [6, 6.07) is 6.11. The number of likely N-dealkylation sites (N-methyl/N-ethyl adjacent to an activating group) is 1. The van der Waals surface area contributed by atoms with Crippen molar-refractivity contribution in [1.29, 1.82) is 0 Å². The Bertz CT molecular complexity index is 754. The lowest BCUT2D eigenvalue weighted by molar-refractivity contribution is -0.137. The number of benzene rings is 1. The van der Waals surface area contributed by atoms with Gasteiger partial charge in [-0.1, -0.05) is 45.4 Å². The van der Waals surface area contributed by atoms with Crippen molar-refractivity contribution >= 4 is 35.7 Å². The lowest BCUT2D eigenvalue weighted by atomic mass is 9.78. The highest BCUT2D eigenvalue weighted by Gasteiger charge is 2.33. The fourth-order valence-corrected chi connectivity index (χ4v) is 4.38. The summed E-state index contributed by atoms with van der Waals surface area (Å²) < 4.78 is 0. The third-order valence-corrected chi connectivity index (χ3v) is 7.25. The van der Waals surface area contributed by atoms with E-state index in [4.69, 9.17) is 16.7 Å². The average Bonchev–Trinajstić information content (AvgIpc) is 2.71. The quantitative estimate of drug-likeness (QED) is 0.309. The third kappa shape index (κ3) is 7.33. The van der Waals surface area contributed by atoms with Gasteiger partial charge in [-0.15, -0.1) is 11.8 Å². The Balaban J connectivity index is 3.37. The summed E-state index contributed by atoms with van der Waals surface area (Å²) in [7, 11) is 1.88. The molecule has 0 saturated heterocycles. The maximum Gasteiger partial charge on any atom is 0.305 e. The molecule has 1 aromatic rings. The molecule has 1 amide bonds. The summed E-state index contributed by atoms with van der Waals surface area (Å²) in [5, 5.41) is 13.1. The molecule has 0 aliphatic carbocycles. The molecule has 7 heteroatoms. The monoisotopic (exact) mass is 454 g/mol. The molecule has 0 spiro atoms. The normalized spacial score (nSPS) is 15.0. The number of carboxylic acid groups (broad SMARTS) is 1. The molecule has 0 fully saturated rings. The Morgan fingerprint density at radius 3 is 2.50 bits per heavy atom. The van der Waals surface area contributed by atoms with Crippen molar-refractivity contribution in [1.82, 2.24) is 10.2 Å². The van der Waals surface area contributed by atoms with Gasteiger partial charge in [-0.3, -0.25) is 9.59 Å². The highest BCUT2D eigenvalue weighted by atomic mass is 35.5. The Morgan fingerprint density at radius 1 is 1.37 bits per heavy atom. The fraction of sp³-hybridized carbons (Fsp3) is 0.565. The molecule has 1 rings (SSSR count). The van der Waals surface area contributed by atoms with Gasteiger partial charge >= 0.3 is 5.97 Å². The first-order valence-corrected chi connectivity index (χ1v) is 11.7. The molecule has 5 nitrogen and oxygen atoms in total. The molecule has 0 aromatic heterocycles. The number of nitrogens with zero attached hydrogens (tertiary/aromatic N) is 1. The Labute approximate surface area is 190 Å². The average molecular weight is 455 g/mol. The van der Waals surface area contributed by atoms with Gasteiger partial charge in [0.25, 0.3) is 0 Å². The number of rotatable bonds is 13. The maximum atomic E-state index is 11.6. The number of nitrogens with one attached hydrogen (secondary N) is 1. The molecule has 168 valence electrons. The number of aliphatic carboxylic acids is 1. The minimum Gasteiger partial charge on any atom is -0.481 e. The standard InChI is InChI=1S/C23H35ClN2O3S/c1-7-17(4)19(13-26(15-27)11-10-22(28)29)23(5,25-6)18-8-9-21(20(24)12-18)30-14-16(2)3/h8-9,12-13,15-17,25H,7,10-11,14H2,1-6H3,(H,28,29)/b19-13-/t17?,23-/m0/s1. The Kier molecular flexibility index (Phi) is 10.9. The highest BCUT2D eigenvalue weighted by molar-refractivity contribution is 7.99. The second-order valence-corrected chi connectivity index (χ2v) is 9.57. The number of carbonyl (C=O) groups is 2. The summed E-state index contributed by atoms with van der Waals surface area (Å²) in [6.45, 7) is 10.8. The van der Waals surface area contributed by atoms with Gasteiger partial charge < -0.3 is 15.3 Å². The largest absolute Gasteiger partial charge is 0.481 e. The van der Waals surface area contributed by atoms with E-state index in [1.54, 1.807) is 18.0 Å². The third-order valence-electron chi connectivity index (χ3n) is 5.33. The highest BCUT2D eigenvalue weighted by Crippen LogP contribution is 2.38. The van der Waals surface area contributed by atoms with E-state index >= 15 is 0 Å². The van der Waals surface area contributed by atoms with Crippen LogP contribution in [0.3, 0.4) is 0 Å². The van der Waals surface area contributed by atoms with Crippen molar-refractivity contribution in [3.8, 4) is 0 Å². The predicted octanol–water partition coefficient (Wildman–Crippen LogP) is 5.39. The maximum absolute atomic E-state index is 11.6. The first-order valence-electron chi connectivity index (χ1n) is 10.4. The van der Waals surface area contributed by atoms with E-state index in [0.29, 0.717) is 17.4 Å². The number of carboxylic acids is 1. The first kappa shape index (κ1) is 26.5. The van der Waals surface area contributed by atoms with E-state index in [-0.39, 0.29) is 18.9 Å². The zero-order valence-electron chi connectivity index (χ0n) is 18.9. The number of thioether (sulfide) groups is 1. The molecule has 2 N–H and O–H groups in total. The van der Waals surface area contributed by atoms with E-state index in [1.165, 1.54) is 4.90 Å². The van der Waals surface area contributed by atoms with Gasteiger partial charge in [-0.25, -0.2) is 0 Å².